The van der Waals surface area contributed by atoms with E-state index in [0.29, 0.717) is 11.7 Å². The summed E-state index contributed by atoms with van der Waals surface area (Å²) in [6.07, 6.45) is 2.02. The molecular formula is C15H30O. The molecule has 16 heavy (non-hydrogen) atoms. The fourth-order valence-corrected chi connectivity index (χ4v) is 2.20. The molecule has 1 heteroatoms. The van der Waals surface area contributed by atoms with E-state index in [4.69, 9.17) is 0 Å². The Bertz CT molecular complexity index is 225. The zero-order chi connectivity index (χ0) is 13.1. The molecule has 0 saturated carbocycles. The van der Waals surface area contributed by atoms with Crippen LogP contribution in [0, 0.1) is 22.7 Å². The van der Waals surface area contributed by atoms with Gasteiger partial charge in [-0.15, -0.1) is 0 Å². The number of Topliss-reactive ketones (excluding diaryl/α,β-unsaturated/α-hetero) is 1. The van der Waals surface area contributed by atoms with Crippen LogP contribution in [-0.4, -0.2) is 5.78 Å². The third-order valence-corrected chi connectivity index (χ3v) is 2.72. The van der Waals surface area contributed by atoms with Crippen molar-refractivity contribution in [3.8, 4) is 0 Å². The van der Waals surface area contributed by atoms with Gasteiger partial charge >= 0.3 is 0 Å². The van der Waals surface area contributed by atoms with Crippen LogP contribution in [0.25, 0.3) is 0 Å². The Morgan fingerprint density at radius 3 is 1.69 bits per heavy atom. The van der Waals surface area contributed by atoms with Crippen molar-refractivity contribution in [3.63, 3.8) is 0 Å². The topological polar surface area (TPSA) is 17.1 Å². The second kappa shape index (κ2) is 5.33. The summed E-state index contributed by atoms with van der Waals surface area (Å²) >= 11 is 0. The maximum absolute atomic E-state index is 12.4. The molecule has 0 bridgehead atoms. The van der Waals surface area contributed by atoms with E-state index in [-0.39, 0.29) is 16.7 Å². The van der Waals surface area contributed by atoms with Gasteiger partial charge in [-0.25, -0.2) is 0 Å². The first kappa shape index (κ1) is 15.7. The van der Waals surface area contributed by atoms with Crippen molar-refractivity contribution in [1.82, 2.24) is 0 Å². The van der Waals surface area contributed by atoms with E-state index in [9.17, 15) is 4.79 Å². The van der Waals surface area contributed by atoms with E-state index in [0.717, 1.165) is 12.8 Å². The highest BCUT2D eigenvalue weighted by Gasteiger charge is 2.32. The average Bonchev–Trinajstić information content (AvgIpc) is 1.96. The summed E-state index contributed by atoms with van der Waals surface area (Å²) in [5.41, 5.74) is 0.0330. The minimum atomic E-state index is -0.204. The van der Waals surface area contributed by atoms with Gasteiger partial charge in [-0.05, 0) is 24.2 Å². The summed E-state index contributed by atoms with van der Waals surface area (Å²) in [5, 5.41) is 0. The summed E-state index contributed by atoms with van der Waals surface area (Å²) < 4.78 is 0. The molecule has 0 saturated heterocycles. The molecule has 0 aliphatic rings. The van der Waals surface area contributed by atoms with Gasteiger partial charge in [0.1, 0.15) is 5.78 Å². The van der Waals surface area contributed by atoms with Crippen molar-refractivity contribution in [3.05, 3.63) is 0 Å². The molecule has 1 atom stereocenters. The van der Waals surface area contributed by atoms with E-state index in [1.54, 1.807) is 0 Å². The lowest BCUT2D eigenvalue weighted by Gasteiger charge is -2.30. The van der Waals surface area contributed by atoms with Crippen LogP contribution in [0.2, 0.25) is 0 Å². The van der Waals surface area contributed by atoms with Crippen LogP contribution >= 0.6 is 0 Å². The fraction of sp³-hybridized carbons (Fsp3) is 0.933. The van der Waals surface area contributed by atoms with E-state index in [1.807, 2.05) is 20.8 Å². The second-order valence-corrected chi connectivity index (χ2v) is 7.71. The average molecular weight is 226 g/mol. The van der Waals surface area contributed by atoms with Crippen molar-refractivity contribution in [2.75, 3.05) is 0 Å². The van der Waals surface area contributed by atoms with Crippen LogP contribution in [0.1, 0.15) is 68.2 Å². The number of ketones is 1. The Labute approximate surface area is 102 Å². The van der Waals surface area contributed by atoms with Crippen LogP contribution < -0.4 is 0 Å². The number of carbonyl (C=O) groups excluding carboxylic acids is 1. The van der Waals surface area contributed by atoms with E-state index in [1.165, 1.54) is 0 Å². The summed E-state index contributed by atoms with van der Waals surface area (Å²) in [6.45, 7) is 17.2. The Morgan fingerprint density at radius 2 is 1.44 bits per heavy atom. The molecular weight excluding hydrogens is 196 g/mol. The molecule has 0 fully saturated rings. The number of hydrogen-bond donors (Lipinski definition) is 0. The first-order chi connectivity index (χ1) is 6.93. The molecule has 0 amide bonds. The summed E-state index contributed by atoms with van der Waals surface area (Å²) in [5.74, 6) is 1.25. The van der Waals surface area contributed by atoms with E-state index >= 15 is 0 Å². The molecule has 0 unspecified atom stereocenters. The van der Waals surface area contributed by atoms with Crippen molar-refractivity contribution in [2.45, 2.75) is 68.2 Å². The lowest BCUT2D eigenvalue weighted by molar-refractivity contribution is -0.132. The van der Waals surface area contributed by atoms with Crippen LogP contribution in [-0.2, 0) is 4.79 Å². The van der Waals surface area contributed by atoms with Gasteiger partial charge in [-0.1, -0.05) is 55.4 Å². The molecule has 0 spiro atoms. The summed E-state index contributed by atoms with van der Waals surface area (Å²) in [7, 11) is 0. The summed E-state index contributed by atoms with van der Waals surface area (Å²) in [6, 6.07) is 0. The molecule has 0 rings (SSSR count). The van der Waals surface area contributed by atoms with E-state index in [2.05, 4.69) is 34.6 Å². The van der Waals surface area contributed by atoms with Gasteiger partial charge in [0, 0.05) is 11.3 Å². The highest BCUT2D eigenvalue weighted by atomic mass is 16.1. The van der Waals surface area contributed by atoms with Crippen molar-refractivity contribution < 1.29 is 4.79 Å². The molecule has 0 radical (unpaired) electrons. The van der Waals surface area contributed by atoms with Gasteiger partial charge in [0.25, 0.3) is 0 Å². The molecule has 0 aromatic heterocycles. The molecule has 0 aliphatic carbocycles. The highest BCUT2D eigenvalue weighted by molar-refractivity contribution is 5.86. The fourth-order valence-electron chi connectivity index (χ4n) is 2.20. The van der Waals surface area contributed by atoms with Gasteiger partial charge in [0.2, 0.25) is 0 Å². The molecule has 0 aromatic carbocycles. The first-order valence-electron chi connectivity index (χ1n) is 6.48. The predicted molar refractivity (Wildman–Crippen MR) is 71.5 cm³/mol. The lowest BCUT2D eigenvalue weighted by atomic mass is 9.73. The number of hydrogen-bond acceptors (Lipinski definition) is 1. The maximum Gasteiger partial charge on any atom is 0.141 e. The van der Waals surface area contributed by atoms with Gasteiger partial charge in [0.15, 0.2) is 0 Å². The zero-order valence-electron chi connectivity index (χ0n) is 12.5. The Balaban J connectivity index is 4.75. The summed E-state index contributed by atoms with van der Waals surface area (Å²) in [4.78, 5) is 12.4. The monoisotopic (exact) mass is 226 g/mol. The van der Waals surface area contributed by atoms with Crippen molar-refractivity contribution >= 4 is 5.78 Å². The number of carbonyl (C=O) groups is 1. The Morgan fingerprint density at radius 1 is 1.00 bits per heavy atom. The second-order valence-electron chi connectivity index (χ2n) is 7.71. The van der Waals surface area contributed by atoms with Gasteiger partial charge in [-0.2, -0.15) is 0 Å². The Hall–Kier alpha value is -0.330. The third kappa shape index (κ3) is 6.30. The smallest absolute Gasteiger partial charge is 0.141 e. The van der Waals surface area contributed by atoms with Gasteiger partial charge < -0.3 is 0 Å². The minimum Gasteiger partial charge on any atom is -0.299 e. The Kier molecular flexibility index (Phi) is 5.22. The maximum atomic E-state index is 12.4. The standard InChI is InChI=1S/C15H30O/c1-11(2)9-12(10-14(3,4)5)13(16)15(6,7)8/h11-12H,9-10H2,1-8H3/t12-/m1/s1. The van der Waals surface area contributed by atoms with Crippen LogP contribution in [0.5, 0.6) is 0 Å². The normalized spacial score (nSPS) is 15.3. The van der Waals surface area contributed by atoms with E-state index < -0.39 is 0 Å². The first-order valence-corrected chi connectivity index (χ1v) is 6.48. The lowest BCUT2D eigenvalue weighted by Crippen LogP contribution is -2.32. The van der Waals surface area contributed by atoms with Crippen molar-refractivity contribution in [1.29, 1.82) is 0 Å². The zero-order valence-corrected chi connectivity index (χ0v) is 12.5. The molecule has 1 nitrogen and oxygen atoms in total. The quantitative estimate of drug-likeness (QED) is 0.679. The van der Waals surface area contributed by atoms with Crippen LogP contribution in [0.4, 0.5) is 0 Å². The molecule has 0 N–H and O–H groups in total. The van der Waals surface area contributed by atoms with Gasteiger partial charge in [-0.3, -0.25) is 4.79 Å². The van der Waals surface area contributed by atoms with Crippen molar-refractivity contribution in [2.24, 2.45) is 22.7 Å². The predicted octanol–water partition coefficient (Wildman–Crippen LogP) is 4.70. The minimum absolute atomic E-state index is 0.204. The van der Waals surface area contributed by atoms with Crippen LogP contribution in [0.3, 0.4) is 0 Å². The molecule has 0 aromatic rings. The highest BCUT2D eigenvalue weighted by Crippen LogP contribution is 2.33. The number of rotatable bonds is 4. The third-order valence-electron chi connectivity index (χ3n) is 2.72. The SMILES string of the molecule is CC(C)C[C@H](CC(C)(C)C)C(=O)C(C)(C)C. The molecule has 0 aliphatic heterocycles. The van der Waals surface area contributed by atoms with Crippen LogP contribution in [0.15, 0.2) is 0 Å². The molecule has 96 valence electrons. The molecule has 0 heterocycles. The largest absolute Gasteiger partial charge is 0.299 e. The van der Waals surface area contributed by atoms with Gasteiger partial charge in [0.05, 0.1) is 0 Å².